The zero-order chi connectivity index (χ0) is 15.4. The molecule has 1 amide bonds. The van der Waals surface area contributed by atoms with Gasteiger partial charge in [0.2, 0.25) is 0 Å². The van der Waals surface area contributed by atoms with E-state index in [4.69, 9.17) is 4.74 Å². The van der Waals surface area contributed by atoms with Crippen LogP contribution in [0, 0.1) is 0 Å². The standard InChI is InChI=1S/C16H18N2O3/c1-4-18(2)16(20)13-9-10-14(17-15(13)19)11-5-7-12(21-3)8-6-11/h5-10H,4H2,1-3H3,(H,17,19). The maximum absolute atomic E-state index is 12.1. The summed E-state index contributed by atoms with van der Waals surface area (Å²) in [5.74, 6) is 0.470. The summed E-state index contributed by atoms with van der Waals surface area (Å²) in [6.07, 6.45) is 0. The Balaban J connectivity index is 2.34. The smallest absolute Gasteiger partial charge is 0.261 e. The Labute approximate surface area is 123 Å². The highest BCUT2D eigenvalue weighted by molar-refractivity contribution is 5.93. The van der Waals surface area contributed by atoms with Crippen LogP contribution in [-0.4, -0.2) is 36.5 Å². The quantitative estimate of drug-likeness (QED) is 0.936. The normalized spacial score (nSPS) is 10.2. The number of ether oxygens (including phenoxy) is 1. The molecular formula is C16H18N2O3. The van der Waals surface area contributed by atoms with Gasteiger partial charge in [0.05, 0.1) is 7.11 Å². The van der Waals surface area contributed by atoms with Gasteiger partial charge in [0, 0.05) is 19.3 Å². The van der Waals surface area contributed by atoms with Gasteiger partial charge in [-0.1, -0.05) is 0 Å². The second-order valence-corrected chi connectivity index (χ2v) is 4.66. The summed E-state index contributed by atoms with van der Waals surface area (Å²) in [6, 6.07) is 10.6. The number of hydrogen-bond donors (Lipinski definition) is 1. The fourth-order valence-electron chi connectivity index (χ4n) is 1.93. The molecule has 1 N–H and O–H groups in total. The van der Waals surface area contributed by atoms with Crippen molar-refractivity contribution in [1.82, 2.24) is 9.88 Å². The lowest BCUT2D eigenvalue weighted by Gasteiger charge is -2.14. The summed E-state index contributed by atoms with van der Waals surface area (Å²) in [4.78, 5) is 28.3. The Morgan fingerprint density at radius 2 is 1.86 bits per heavy atom. The number of nitrogens with one attached hydrogen (secondary N) is 1. The van der Waals surface area contributed by atoms with Crippen LogP contribution in [0.4, 0.5) is 0 Å². The second-order valence-electron chi connectivity index (χ2n) is 4.66. The Morgan fingerprint density at radius 3 is 2.38 bits per heavy atom. The number of carbonyl (C=O) groups excluding carboxylic acids is 1. The van der Waals surface area contributed by atoms with E-state index in [0.717, 1.165) is 11.3 Å². The van der Waals surface area contributed by atoms with E-state index in [9.17, 15) is 9.59 Å². The summed E-state index contributed by atoms with van der Waals surface area (Å²) < 4.78 is 5.10. The molecule has 2 aromatic rings. The minimum atomic E-state index is -0.381. The third-order valence-electron chi connectivity index (χ3n) is 3.36. The fourth-order valence-corrected chi connectivity index (χ4v) is 1.93. The number of H-pyrrole nitrogens is 1. The van der Waals surface area contributed by atoms with Crippen LogP contribution in [0.15, 0.2) is 41.2 Å². The molecule has 21 heavy (non-hydrogen) atoms. The van der Waals surface area contributed by atoms with Gasteiger partial charge in [-0.2, -0.15) is 0 Å². The van der Waals surface area contributed by atoms with E-state index in [0.29, 0.717) is 12.2 Å². The fraction of sp³-hybridized carbons (Fsp3) is 0.250. The molecule has 0 unspecified atom stereocenters. The molecule has 1 aromatic heterocycles. The first-order chi connectivity index (χ1) is 10.1. The minimum absolute atomic E-state index is 0.150. The highest BCUT2D eigenvalue weighted by Crippen LogP contribution is 2.19. The molecule has 0 radical (unpaired) electrons. The maximum atomic E-state index is 12.1. The van der Waals surface area contributed by atoms with E-state index in [-0.39, 0.29) is 17.0 Å². The number of rotatable bonds is 4. The van der Waals surface area contributed by atoms with Crippen molar-refractivity contribution in [2.45, 2.75) is 6.92 Å². The average molecular weight is 286 g/mol. The molecule has 0 bridgehead atoms. The number of aromatic nitrogens is 1. The molecule has 0 saturated heterocycles. The van der Waals surface area contributed by atoms with Crippen molar-refractivity contribution in [2.75, 3.05) is 20.7 Å². The number of nitrogens with zero attached hydrogens (tertiary/aromatic N) is 1. The first-order valence-electron chi connectivity index (χ1n) is 6.70. The lowest BCUT2D eigenvalue weighted by molar-refractivity contribution is 0.0800. The number of carbonyl (C=O) groups is 1. The molecule has 0 fully saturated rings. The number of aromatic amines is 1. The molecule has 5 heteroatoms. The minimum Gasteiger partial charge on any atom is -0.497 e. The monoisotopic (exact) mass is 286 g/mol. The van der Waals surface area contributed by atoms with Gasteiger partial charge in [0.1, 0.15) is 11.3 Å². The Bertz CT molecular complexity index is 689. The molecule has 110 valence electrons. The van der Waals surface area contributed by atoms with Gasteiger partial charge in [-0.15, -0.1) is 0 Å². The number of amides is 1. The molecule has 0 aliphatic carbocycles. The van der Waals surface area contributed by atoms with Gasteiger partial charge in [-0.3, -0.25) is 9.59 Å². The van der Waals surface area contributed by atoms with Crippen molar-refractivity contribution in [3.05, 3.63) is 52.3 Å². The van der Waals surface area contributed by atoms with E-state index < -0.39 is 0 Å². The Hall–Kier alpha value is -2.56. The van der Waals surface area contributed by atoms with Crippen LogP contribution in [0.3, 0.4) is 0 Å². The topological polar surface area (TPSA) is 62.4 Å². The van der Waals surface area contributed by atoms with Gasteiger partial charge in [-0.25, -0.2) is 0 Å². The summed E-state index contributed by atoms with van der Waals surface area (Å²) in [5, 5.41) is 0. The zero-order valence-electron chi connectivity index (χ0n) is 12.3. The van der Waals surface area contributed by atoms with Crippen molar-refractivity contribution in [3.63, 3.8) is 0 Å². The summed E-state index contributed by atoms with van der Waals surface area (Å²) in [6.45, 7) is 2.41. The maximum Gasteiger partial charge on any atom is 0.261 e. The van der Waals surface area contributed by atoms with Crippen molar-refractivity contribution < 1.29 is 9.53 Å². The number of pyridine rings is 1. The van der Waals surface area contributed by atoms with Crippen molar-refractivity contribution in [3.8, 4) is 17.0 Å². The number of hydrogen-bond acceptors (Lipinski definition) is 3. The van der Waals surface area contributed by atoms with E-state index in [1.807, 2.05) is 31.2 Å². The molecule has 0 aliphatic rings. The Kier molecular flexibility index (Phi) is 4.42. The predicted octanol–water partition coefficient (Wildman–Crippen LogP) is 2.14. The molecule has 1 heterocycles. The second kappa shape index (κ2) is 6.26. The van der Waals surface area contributed by atoms with Crippen LogP contribution in [0.2, 0.25) is 0 Å². The van der Waals surface area contributed by atoms with Gasteiger partial charge >= 0.3 is 0 Å². The van der Waals surface area contributed by atoms with Gasteiger partial charge < -0.3 is 14.6 Å². The van der Waals surface area contributed by atoms with E-state index >= 15 is 0 Å². The van der Waals surface area contributed by atoms with Crippen molar-refractivity contribution >= 4 is 5.91 Å². The lowest BCUT2D eigenvalue weighted by Crippen LogP contribution is -2.31. The average Bonchev–Trinajstić information content (AvgIpc) is 2.53. The zero-order valence-corrected chi connectivity index (χ0v) is 12.3. The summed E-state index contributed by atoms with van der Waals surface area (Å²) in [5.41, 5.74) is 1.29. The predicted molar refractivity (Wildman–Crippen MR) is 81.7 cm³/mol. The van der Waals surface area contributed by atoms with Crippen molar-refractivity contribution in [1.29, 1.82) is 0 Å². The molecule has 5 nitrogen and oxygen atoms in total. The summed E-state index contributed by atoms with van der Waals surface area (Å²) >= 11 is 0. The molecule has 0 saturated carbocycles. The molecule has 0 atom stereocenters. The van der Waals surface area contributed by atoms with Gasteiger partial charge in [0.15, 0.2) is 0 Å². The van der Waals surface area contributed by atoms with E-state index in [2.05, 4.69) is 4.98 Å². The van der Waals surface area contributed by atoms with Crippen LogP contribution in [0.25, 0.3) is 11.3 Å². The SMILES string of the molecule is CCN(C)C(=O)c1ccc(-c2ccc(OC)cc2)[nH]c1=O. The van der Waals surface area contributed by atoms with Crippen LogP contribution < -0.4 is 10.3 Å². The number of benzene rings is 1. The van der Waals surface area contributed by atoms with E-state index in [1.54, 1.807) is 26.3 Å². The highest BCUT2D eigenvalue weighted by Gasteiger charge is 2.14. The largest absolute Gasteiger partial charge is 0.497 e. The van der Waals surface area contributed by atoms with E-state index in [1.165, 1.54) is 4.90 Å². The van der Waals surface area contributed by atoms with Crippen LogP contribution in [-0.2, 0) is 0 Å². The third kappa shape index (κ3) is 3.13. The van der Waals surface area contributed by atoms with Crippen LogP contribution in [0.5, 0.6) is 5.75 Å². The third-order valence-corrected chi connectivity index (χ3v) is 3.36. The van der Waals surface area contributed by atoms with Gasteiger partial charge in [-0.05, 0) is 48.9 Å². The molecule has 0 spiro atoms. The van der Waals surface area contributed by atoms with Gasteiger partial charge in [0.25, 0.3) is 11.5 Å². The first-order valence-corrected chi connectivity index (χ1v) is 6.70. The van der Waals surface area contributed by atoms with Crippen LogP contribution >= 0.6 is 0 Å². The molecule has 1 aromatic carbocycles. The lowest BCUT2D eigenvalue weighted by atomic mass is 10.1. The van der Waals surface area contributed by atoms with Crippen LogP contribution in [0.1, 0.15) is 17.3 Å². The van der Waals surface area contributed by atoms with Crippen molar-refractivity contribution in [2.24, 2.45) is 0 Å². The summed E-state index contributed by atoms with van der Waals surface area (Å²) in [7, 11) is 3.26. The number of methoxy groups -OCH3 is 1. The Morgan fingerprint density at radius 1 is 1.19 bits per heavy atom. The molecular weight excluding hydrogens is 268 g/mol. The first kappa shape index (κ1) is 14.8. The highest BCUT2D eigenvalue weighted by atomic mass is 16.5. The molecule has 2 rings (SSSR count). The molecule has 0 aliphatic heterocycles.